The molecule has 1 aromatic rings. The van der Waals surface area contributed by atoms with Gasteiger partial charge in [-0.3, -0.25) is 0 Å². The molecule has 2 rings (SSSR count). The Hall–Kier alpha value is -1.49. The van der Waals surface area contributed by atoms with Gasteiger partial charge in [0, 0.05) is 13.0 Å². The summed E-state index contributed by atoms with van der Waals surface area (Å²) in [5.41, 5.74) is -2.83. The summed E-state index contributed by atoms with van der Waals surface area (Å²) in [4.78, 5) is 5.03. The van der Waals surface area contributed by atoms with E-state index in [-0.39, 0.29) is 36.4 Å². The summed E-state index contributed by atoms with van der Waals surface area (Å²) in [6.07, 6.45) is -4.94. The maximum absolute atomic E-state index is 13.3. The fourth-order valence-electron chi connectivity index (χ4n) is 2.41. The molecule has 0 N–H and O–H groups in total. The van der Waals surface area contributed by atoms with Gasteiger partial charge in [0.05, 0.1) is 23.8 Å². The molecule has 1 aromatic heterocycles. The van der Waals surface area contributed by atoms with Crippen molar-refractivity contribution in [1.82, 2.24) is 9.78 Å². The van der Waals surface area contributed by atoms with Crippen molar-refractivity contribution in [3.8, 4) is 5.88 Å². The fraction of sp³-hybridized carbons (Fsp3) is 0.714. The highest BCUT2D eigenvalue weighted by molar-refractivity contribution is 8.05. The van der Waals surface area contributed by atoms with E-state index >= 15 is 0 Å². The summed E-state index contributed by atoms with van der Waals surface area (Å²) in [7, 11) is -4.18. The number of alkyl halides is 4. The average molecular weight is 418 g/mol. The minimum absolute atomic E-state index is 0.0126. The smallest absolute Gasteiger partial charge is 0.435 e. The fourth-order valence-corrected chi connectivity index (χ4v) is 4.04. The van der Waals surface area contributed by atoms with Crippen molar-refractivity contribution >= 4 is 26.5 Å². The summed E-state index contributed by atoms with van der Waals surface area (Å²) in [6, 6.07) is 0. The van der Waals surface area contributed by atoms with Crippen LogP contribution in [-0.2, 0) is 33.1 Å². The molecule has 1 unspecified atom stereocenters. The third kappa shape index (κ3) is 4.08. The van der Waals surface area contributed by atoms with Gasteiger partial charge < -0.3 is 9.57 Å². The molecule has 2 heterocycles. The van der Waals surface area contributed by atoms with Crippen LogP contribution in [0.25, 0.3) is 0 Å². The third-order valence-corrected chi connectivity index (χ3v) is 5.89. The first kappa shape index (κ1) is 20.8. The topological polar surface area (TPSA) is 82.8 Å². The predicted octanol–water partition coefficient (Wildman–Crippen LogP) is 2.97. The normalized spacial score (nSPS) is 20.8. The summed E-state index contributed by atoms with van der Waals surface area (Å²) >= 11 is 5.72. The number of rotatable bonds is 6. The largest absolute Gasteiger partial charge is 0.478 e. The van der Waals surface area contributed by atoms with E-state index in [1.807, 2.05) is 0 Å². The van der Waals surface area contributed by atoms with E-state index in [1.165, 1.54) is 0 Å². The molecule has 12 heteroatoms. The summed E-state index contributed by atoms with van der Waals surface area (Å²) < 4.78 is 71.5. The lowest BCUT2D eigenvalue weighted by Crippen LogP contribution is -2.29. The zero-order chi connectivity index (χ0) is 19.8. The number of aryl methyl sites for hydroxylation is 1. The molecule has 7 nitrogen and oxygen atoms in total. The molecule has 0 aliphatic carbocycles. The summed E-state index contributed by atoms with van der Waals surface area (Å²) in [5.74, 6) is -1.18. The molecule has 0 bridgehead atoms. The van der Waals surface area contributed by atoms with Crippen molar-refractivity contribution in [3.63, 3.8) is 0 Å². The van der Waals surface area contributed by atoms with Crippen LogP contribution in [0.2, 0.25) is 0 Å². The molecule has 148 valence electrons. The molecule has 0 aromatic carbocycles. The average Bonchev–Trinajstić information content (AvgIpc) is 3.10. The van der Waals surface area contributed by atoms with Crippen LogP contribution in [0.5, 0.6) is 5.88 Å². The van der Waals surface area contributed by atoms with Gasteiger partial charge in [0.1, 0.15) is 0 Å². The zero-order valence-corrected chi connectivity index (χ0v) is 16.0. The monoisotopic (exact) mass is 417 g/mol. The first-order chi connectivity index (χ1) is 12.0. The van der Waals surface area contributed by atoms with Crippen molar-refractivity contribution < 1.29 is 31.2 Å². The Kier molecular flexibility index (Phi) is 5.81. The molecule has 0 saturated heterocycles. The molecule has 0 spiro atoms. The van der Waals surface area contributed by atoms with Crippen molar-refractivity contribution in [2.24, 2.45) is 5.16 Å². The number of nitrogens with zero attached hydrogens (tertiary/aromatic N) is 3. The number of hydrogen-bond donors (Lipinski definition) is 0. The lowest BCUT2D eigenvalue weighted by Gasteiger charge is -2.16. The maximum Gasteiger partial charge on any atom is 0.435 e. The second-order valence-electron chi connectivity index (χ2n) is 5.97. The Morgan fingerprint density at radius 3 is 2.50 bits per heavy atom. The van der Waals surface area contributed by atoms with Crippen molar-refractivity contribution in [2.75, 3.05) is 12.5 Å². The van der Waals surface area contributed by atoms with Crippen LogP contribution >= 0.6 is 11.6 Å². The molecular weight excluding hydrogens is 399 g/mol. The summed E-state index contributed by atoms with van der Waals surface area (Å²) in [5, 5.41) is 6.65. The van der Waals surface area contributed by atoms with E-state index in [4.69, 9.17) is 21.2 Å². The number of halogens is 4. The maximum atomic E-state index is 13.3. The van der Waals surface area contributed by atoms with E-state index in [2.05, 4.69) is 10.3 Å². The molecule has 1 aliphatic rings. The lowest BCUT2D eigenvalue weighted by atomic mass is 10.1. The second kappa shape index (κ2) is 7.26. The predicted molar refractivity (Wildman–Crippen MR) is 89.0 cm³/mol. The zero-order valence-electron chi connectivity index (χ0n) is 14.4. The SMILES string of the molecule is CCOc1c(CS(=O)(=O)C2=NOC(C)(CCl)C2)c(C(F)(F)F)nn1CC. The van der Waals surface area contributed by atoms with Gasteiger partial charge in [0.15, 0.2) is 26.2 Å². The van der Waals surface area contributed by atoms with Gasteiger partial charge in [-0.05, 0) is 20.8 Å². The van der Waals surface area contributed by atoms with E-state index in [9.17, 15) is 21.6 Å². The summed E-state index contributed by atoms with van der Waals surface area (Å²) in [6.45, 7) is 4.87. The van der Waals surface area contributed by atoms with Crippen LogP contribution in [0.15, 0.2) is 5.16 Å². The highest BCUT2D eigenvalue weighted by Crippen LogP contribution is 2.38. The molecule has 1 atom stereocenters. The quantitative estimate of drug-likeness (QED) is 0.664. The molecule has 0 fully saturated rings. The Morgan fingerprint density at radius 1 is 1.38 bits per heavy atom. The Labute approximate surface area is 154 Å². The third-order valence-electron chi connectivity index (χ3n) is 3.72. The molecule has 1 aliphatic heterocycles. The first-order valence-corrected chi connectivity index (χ1v) is 9.99. The van der Waals surface area contributed by atoms with Gasteiger partial charge in [-0.1, -0.05) is 5.16 Å². The van der Waals surface area contributed by atoms with Crippen molar-refractivity contribution in [1.29, 1.82) is 0 Å². The van der Waals surface area contributed by atoms with Gasteiger partial charge in [-0.15, -0.1) is 11.6 Å². The number of oxime groups is 1. The van der Waals surface area contributed by atoms with Gasteiger partial charge in [0.25, 0.3) is 0 Å². The van der Waals surface area contributed by atoms with Gasteiger partial charge in [-0.25, -0.2) is 13.1 Å². The van der Waals surface area contributed by atoms with Crippen LogP contribution in [0.4, 0.5) is 13.2 Å². The van der Waals surface area contributed by atoms with E-state index in [0.29, 0.717) is 0 Å². The van der Waals surface area contributed by atoms with Crippen LogP contribution in [0.1, 0.15) is 38.4 Å². The minimum Gasteiger partial charge on any atom is -0.478 e. The number of hydrogen-bond acceptors (Lipinski definition) is 6. The number of ether oxygens (including phenoxy) is 1. The van der Waals surface area contributed by atoms with Crippen LogP contribution in [0, 0.1) is 0 Å². The molecule has 0 amide bonds. The van der Waals surface area contributed by atoms with Crippen LogP contribution < -0.4 is 4.74 Å². The second-order valence-corrected chi connectivity index (χ2v) is 8.23. The molecule has 0 saturated carbocycles. The van der Waals surface area contributed by atoms with Gasteiger partial charge in [-0.2, -0.15) is 18.3 Å². The van der Waals surface area contributed by atoms with Crippen LogP contribution in [-0.4, -0.2) is 41.3 Å². The number of sulfone groups is 1. The van der Waals surface area contributed by atoms with E-state index in [0.717, 1.165) is 4.68 Å². The Bertz CT molecular complexity index is 807. The lowest BCUT2D eigenvalue weighted by molar-refractivity contribution is -0.142. The Morgan fingerprint density at radius 2 is 2.04 bits per heavy atom. The van der Waals surface area contributed by atoms with Gasteiger partial charge >= 0.3 is 6.18 Å². The molecule has 0 radical (unpaired) electrons. The van der Waals surface area contributed by atoms with Crippen molar-refractivity contribution in [3.05, 3.63) is 11.3 Å². The van der Waals surface area contributed by atoms with Crippen molar-refractivity contribution in [2.45, 2.75) is 51.3 Å². The first-order valence-electron chi connectivity index (χ1n) is 7.81. The van der Waals surface area contributed by atoms with E-state index in [1.54, 1.807) is 20.8 Å². The standard InChI is InChI=1S/C14H19ClF3N3O4S/c1-4-21-12(24-5-2)9(11(19-21)14(16,17)18)7-26(22,23)10-6-13(3,8-15)25-20-10/h4-8H2,1-3H3. The minimum atomic E-state index is -4.82. The molecule has 26 heavy (non-hydrogen) atoms. The van der Waals surface area contributed by atoms with Crippen LogP contribution in [0.3, 0.4) is 0 Å². The Balaban J connectivity index is 2.46. The van der Waals surface area contributed by atoms with Gasteiger partial charge in [0.2, 0.25) is 5.88 Å². The highest BCUT2D eigenvalue weighted by Gasteiger charge is 2.44. The highest BCUT2D eigenvalue weighted by atomic mass is 35.5. The number of aromatic nitrogens is 2. The molecular formula is C14H19ClF3N3O4S. The van der Waals surface area contributed by atoms with E-state index < -0.39 is 38.6 Å².